The van der Waals surface area contributed by atoms with Gasteiger partial charge in [0.1, 0.15) is 11.6 Å². The Hall–Kier alpha value is -2.86. The predicted molar refractivity (Wildman–Crippen MR) is 98.2 cm³/mol. The molecule has 0 bridgehead atoms. The minimum Gasteiger partial charge on any atom is -0.497 e. The van der Waals surface area contributed by atoms with E-state index >= 15 is 0 Å². The third-order valence-electron chi connectivity index (χ3n) is 4.27. The molecule has 3 aromatic rings. The number of aromatic nitrogens is 3. The van der Waals surface area contributed by atoms with Crippen molar-refractivity contribution in [3.8, 4) is 17.1 Å². The summed E-state index contributed by atoms with van der Waals surface area (Å²) in [5, 5.41) is 3.32. The van der Waals surface area contributed by atoms with Crippen molar-refractivity contribution in [1.82, 2.24) is 20.3 Å². The van der Waals surface area contributed by atoms with Crippen molar-refractivity contribution in [2.24, 2.45) is 0 Å². The van der Waals surface area contributed by atoms with Crippen LogP contribution < -0.4 is 10.1 Å². The third-order valence-corrected chi connectivity index (χ3v) is 4.27. The molecule has 3 rings (SSSR count). The molecule has 1 atom stereocenters. The fraction of sp³-hybridized carbons (Fsp3) is 0.250. The fourth-order valence-corrected chi connectivity index (χ4v) is 2.73. The van der Waals surface area contributed by atoms with Crippen LogP contribution in [0.4, 0.5) is 4.39 Å². The van der Waals surface area contributed by atoms with Gasteiger partial charge in [0.15, 0.2) is 5.82 Å². The number of hydrogen-bond donors (Lipinski definition) is 1. The van der Waals surface area contributed by atoms with Gasteiger partial charge in [0, 0.05) is 53.6 Å². The molecule has 0 saturated heterocycles. The van der Waals surface area contributed by atoms with Crippen LogP contribution in [-0.2, 0) is 6.54 Å². The highest BCUT2D eigenvalue weighted by atomic mass is 19.1. The Labute approximate surface area is 152 Å². The smallest absolute Gasteiger partial charge is 0.159 e. The fourth-order valence-electron chi connectivity index (χ4n) is 2.73. The van der Waals surface area contributed by atoms with Crippen molar-refractivity contribution < 1.29 is 9.13 Å². The molecule has 0 amide bonds. The summed E-state index contributed by atoms with van der Waals surface area (Å²) in [5.41, 5.74) is 3.35. The Kier molecular flexibility index (Phi) is 5.53. The first-order valence-corrected chi connectivity index (χ1v) is 8.38. The van der Waals surface area contributed by atoms with Gasteiger partial charge in [0.25, 0.3) is 0 Å². The number of pyridine rings is 1. The van der Waals surface area contributed by atoms with Crippen LogP contribution in [-0.4, -0.2) is 22.1 Å². The van der Waals surface area contributed by atoms with Crippen molar-refractivity contribution in [2.45, 2.75) is 26.4 Å². The van der Waals surface area contributed by atoms with E-state index in [0.717, 1.165) is 16.8 Å². The molecule has 1 aromatic carbocycles. The van der Waals surface area contributed by atoms with Gasteiger partial charge in [-0.1, -0.05) is 0 Å². The minimum absolute atomic E-state index is 0.0212. The Morgan fingerprint density at radius 1 is 1.19 bits per heavy atom. The van der Waals surface area contributed by atoms with Gasteiger partial charge in [-0.25, -0.2) is 14.4 Å². The second-order valence-corrected chi connectivity index (χ2v) is 6.03. The lowest BCUT2D eigenvalue weighted by molar-refractivity contribution is 0.412. The van der Waals surface area contributed by atoms with Gasteiger partial charge in [-0.05, 0) is 44.2 Å². The molecule has 26 heavy (non-hydrogen) atoms. The van der Waals surface area contributed by atoms with Crippen LogP contribution in [0.25, 0.3) is 11.4 Å². The summed E-state index contributed by atoms with van der Waals surface area (Å²) < 4.78 is 19.1. The molecule has 0 spiro atoms. The zero-order valence-corrected chi connectivity index (χ0v) is 15.0. The number of benzene rings is 1. The average Bonchev–Trinajstić information content (AvgIpc) is 2.67. The topological polar surface area (TPSA) is 59.9 Å². The summed E-state index contributed by atoms with van der Waals surface area (Å²) in [6.45, 7) is 4.34. The van der Waals surface area contributed by atoms with Gasteiger partial charge >= 0.3 is 0 Å². The molecule has 1 unspecified atom stereocenters. The molecule has 0 aliphatic rings. The first-order valence-electron chi connectivity index (χ1n) is 8.38. The van der Waals surface area contributed by atoms with Gasteiger partial charge in [-0.3, -0.25) is 4.98 Å². The second-order valence-electron chi connectivity index (χ2n) is 6.03. The summed E-state index contributed by atoms with van der Waals surface area (Å²) in [5.74, 6) is 1.04. The van der Waals surface area contributed by atoms with Crippen LogP contribution in [0, 0.1) is 12.7 Å². The minimum atomic E-state index is -0.258. The van der Waals surface area contributed by atoms with Crippen LogP contribution in [0.2, 0.25) is 0 Å². The average molecular weight is 352 g/mol. The first-order chi connectivity index (χ1) is 12.6. The Morgan fingerprint density at radius 3 is 2.65 bits per heavy atom. The van der Waals surface area contributed by atoms with Crippen LogP contribution in [0.15, 0.2) is 48.9 Å². The Morgan fingerprint density at radius 2 is 1.96 bits per heavy atom. The van der Waals surface area contributed by atoms with Gasteiger partial charge in [0.2, 0.25) is 0 Å². The summed E-state index contributed by atoms with van der Waals surface area (Å²) in [6.07, 6.45) is 5.25. The maximum absolute atomic E-state index is 14.0. The van der Waals surface area contributed by atoms with Gasteiger partial charge < -0.3 is 10.1 Å². The number of methoxy groups -OCH3 is 1. The van der Waals surface area contributed by atoms with Crippen molar-refractivity contribution >= 4 is 0 Å². The molecule has 6 heteroatoms. The monoisotopic (exact) mass is 352 g/mol. The largest absolute Gasteiger partial charge is 0.497 e. The molecular formula is C20H21FN4O. The summed E-state index contributed by atoms with van der Waals surface area (Å²) in [7, 11) is 1.57. The predicted octanol–water partition coefficient (Wildman–Crippen LogP) is 3.85. The number of aryl methyl sites for hydroxylation is 1. The third kappa shape index (κ3) is 4.03. The van der Waals surface area contributed by atoms with Crippen molar-refractivity contribution in [3.05, 3.63) is 71.6 Å². The van der Waals surface area contributed by atoms with Gasteiger partial charge in [0.05, 0.1) is 7.11 Å². The highest BCUT2D eigenvalue weighted by molar-refractivity contribution is 5.53. The molecule has 134 valence electrons. The normalized spacial score (nSPS) is 12.0. The number of halogens is 1. The lowest BCUT2D eigenvalue weighted by atomic mass is 10.1. The molecular weight excluding hydrogens is 331 g/mol. The molecule has 0 saturated carbocycles. The number of nitrogens with one attached hydrogen (secondary N) is 1. The molecule has 1 N–H and O–H groups in total. The summed E-state index contributed by atoms with van der Waals surface area (Å²) in [4.78, 5) is 13.1. The van der Waals surface area contributed by atoms with E-state index in [1.165, 1.54) is 6.07 Å². The van der Waals surface area contributed by atoms with Crippen LogP contribution in [0.1, 0.15) is 29.8 Å². The molecule has 2 heterocycles. The number of rotatable bonds is 6. The zero-order chi connectivity index (χ0) is 18.5. The van der Waals surface area contributed by atoms with Crippen LogP contribution in [0.5, 0.6) is 5.75 Å². The van der Waals surface area contributed by atoms with E-state index < -0.39 is 0 Å². The Balaban J connectivity index is 1.73. The number of ether oxygens (including phenoxy) is 1. The molecule has 0 radical (unpaired) electrons. The molecule has 2 aromatic heterocycles. The zero-order valence-electron chi connectivity index (χ0n) is 15.0. The van der Waals surface area contributed by atoms with Gasteiger partial charge in [-0.2, -0.15) is 0 Å². The standard InChI is InChI=1S/C20H21FN4O/c1-13(23-11-16-10-17(26-3)4-5-19(16)21)18-12-24-20(25-14(18)2)15-6-8-22-9-7-15/h4-10,12-13,23H,11H2,1-3H3. The van der Waals surface area contributed by atoms with E-state index in [1.807, 2.05) is 32.2 Å². The summed E-state index contributed by atoms with van der Waals surface area (Å²) in [6, 6.07) is 8.46. The highest BCUT2D eigenvalue weighted by Crippen LogP contribution is 2.21. The van der Waals surface area contributed by atoms with Gasteiger partial charge in [-0.15, -0.1) is 0 Å². The first kappa shape index (κ1) is 17.9. The van der Waals surface area contributed by atoms with E-state index in [1.54, 1.807) is 31.6 Å². The van der Waals surface area contributed by atoms with E-state index in [9.17, 15) is 4.39 Å². The van der Waals surface area contributed by atoms with Crippen LogP contribution >= 0.6 is 0 Å². The molecule has 5 nitrogen and oxygen atoms in total. The van der Waals surface area contributed by atoms with Crippen LogP contribution in [0.3, 0.4) is 0 Å². The van der Waals surface area contributed by atoms with Crippen molar-refractivity contribution in [2.75, 3.05) is 7.11 Å². The molecule has 0 aliphatic heterocycles. The molecule has 0 fully saturated rings. The quantitative estimate of drug-likeness (QED) is 0.730. The maximum atomic E-state index is 14.0. The Bertz CT molecular complexity index is 886. The highest BCUT2D eigenvalue weighted by Gasteiger charge is 2.13. The van der Waals surface area contributed by atoms with E-state index in [0.29, 0.717) is 23.7 Å². The maximum Gasteiger partial charge on any atom is 0.159 e. The SMILES string of the molecule is COc1ccc(F)c(CNC(C)c2cnc(-c3ccncc3)nc2C)c1. The van der Waals surface area contributed by atoms with Crippen molar-refractivity contribution in [3.63, 3.8) is 0 Å². The van der Waals surface area contributed by atoms with Crippen molar-refractivity contribution in [1.29, 1.82) is 0 Å². The van der Waals surface area contributed by atoms with E-state index in [2.05, 4.69) is 20.3 Å². The lowest BCUT2D eigenvalue weighted by Crippen LogP contribution is -2.20. The number of hydrogen-bond acceptors (Lipinski definition) is 5. The van der Waals surface area contributed by atoms with E-state index in [4.69, 9.17) is 4.74 Å². The summed E-state index contributed by atoms with van der Waals surface area (Å²) >= 11 is 0. The molecule has 0 aliphatic carbocycles. The van der Waals surface area contributed by atoms with E-state index in [-0.39, 0.29) is 11.9 Å². The second kappa shape index (κ2) is 8.01. The lowest BCUT2D eigenvalue weighted by Gasteiger charge is -2.17. The number of nitrogens with zero attached hydrogens (tertiary/aromatic N) is 3.